The first-order valence-electron chi connectivity index (χ1n) is 5.35. The van der Waals surface area contributed by atoms with Crippen LogP contribution in [-0.2, 0) is 14.3 Å². The van der Waals surface area contributed by atoms with Gasteiger partial charge in [-0.25, -0.2) is 0 Å². The monoisotopic (exact) mass is 216 g/mol. The molecule has 0 spiro atoms. The molecule has 0 aliphatic carbocycles. The molecule has 0 saturated heterocycles. The van der Waals surface area contributed by atoms with E-state index in [2.05, 4.69) is 0 Å². The summed E-state index contributed by atoms with van der Waals surface area (Å²) in [5.41, 5.74) is 0. The van der Waals surface area contributed by atoms with Crippen LogP contribution in [-0.4, -0.2) is 23.7 Å². The lowest BCUT2D eigenvalue weighted by Gasteiger charge is -2.23. The van der Waals surface area contributed by atoms with Crippen molar-refractivity contribution < 1.29 is 19.4 Å². The summed E-state index contributed by atoms with van der Waals surface area (Å²) in [6, 6.07) is 0. The van der Waals surface area contributed by atoms with E-state index in [4.69, 9.17) is 9.84 Å². The minimum atomic E-state index is -0.926. The molecular formula is C11H20O4. The molecule has 0 aromatic carbocycles. The van der Waals surface area contributed by atoms with Crippen LogP contribution in [0.2, 0.25) is 0 Å². The van der Waals surface area contributed by atoms with Crippen LogP contribution in [0.1, 0.15) is 34.1 Å². The highest BCUT2D eigenvalue weighted by Gasteiger charge is 2.35. The van der Waals surface area contributed by atoms with Crippen molar-refractivity contribution in [1.82, 2.24) is 0 Å². The molecule has 0 aliphatic rings. The molecule has 0 heterocycles. The molecule has 4 nitrogen and oxygen atoms in total. The minimum Gasteiger partial charge on any atom is -0.481 e. The predicted molar refractivity (Wildman–Crippen MR) is 56.4 cm³/mol. The SMILES string of the molecule is CCOC(=O)C(CC)C(C(=O)O)C(C)C. The van der Waals surface area contributed by atoms with Crippen LogP contribution in [0, 0.1) is 17.8 Å². The van der Waals surface area contributed by atoms with E-state index in [1.807, 2.05) is 0 Å². The van der Waals surface area contributed by atoms with Gasteiger partial charge in [0.25, 0.3) is 0 Å². The van der Waals surface area contributed by atoms with Gasteiger partial charge in [0.15, 0.2) is 0 Å². The summed E-state index contributed by atoms with van der Waals surface area (Å²) in [5, 5.41) is 9.05. The lowest BCUT2D eigenvalue weighted by molar-refractivity contribution is -0.159. The first kappa shape index (κ1) is 13.9. The number of ether oxygens (including phenoxy) is 1. The smallest absolute Gasteiger partial charge is 0.309 e. The lowest BCUT2D eigenvalue weighted by atomic mass is 9.82. The molecule has 15 heavy (non-hydrogen) atoms. The highest BCUT2D eigenvalue weighted by molar-refractivity contribution is 5.81. The molecule has 0 radical (unpaired) electrons. The lowest BCUT2D eigenvalue weighted by Crippen LogP contribution is -2.34. The molecule has 2 unspecified atom stereocenters. The molecule has 0 aliphatic heterocycles. The summed E-state index contributed by atoms with van der Waals surface area (Å²) in [7, 11) is 0. The highest BCUT2D eigenvalue weighted by atomic mass is 16.5. The molecule has 0 amide bonds. The van der Waals surface area contributed by atoms with Crippen LogP contribution in [0.3, 0.4) is 0 Å². The molecule has 0 saturated carbocycles. The Hall–Kier alpha value is -1.06. The van der Waals surface area contributed by atoms with Crippen LogP contribution >= 0.6 is 0 Å². The van der Waals surface area contributed by atoms with Gasteiger partial charge >= 0.3 is 11.9 Å². The van der Waals surface area contributed by atoms with Crippen LogP contribution in [0.5, 0.6) is 0 Å². The Balaban J connectivity index is 4.74. The van der Waals surface area contributed by atoms with Gasteiger partial charge in [-0.2, -0.15) is 0 Å². The molecule has 0 fully saturated rings. The number of esters is 1. The van der Waals surface area contributed by atoms with Gasteiger partial charge in [-0.3, -0.25) is 9.59 Å². The zero-order valence-corrected chi connectivity index (χ0v) is 9.82. The second kappa shape index (κ2) is 6.43. The van der Waals surface area contributed by atoms with E-state index in [0.717, 1.165) is 0 Å². The maximum absolute atomic E-state index is 11.5. The molecule has 1 N–H and O–H groups in total. The molecule has 0 aromatic rings. The second-order valence-electron chi connectivity index (χ2n) is 3.87. The van der Waals surface area contributed by atoms with Crippen LogP contribution < -0.4 is 0 Å². The second-order valence-corrected chi connectivity index (χ2v) is 3.87. The summed E-state index contributed by atoms with van der Waals surface area (Å²) in [4.78, 5) is 22.6. The summed E-state index contributed by atoms with van der Waals surface area (Å²) in [6.07, 6.45) is 0.494. The van der Waals surface area contributed by atoms with E-state index in [1.54, 1.807) is 27.7 Å². The number of carbonyl (C=O) groups excluding carboxylic acids is 1. The predicted octanol–water partition coefficient (Wildman–Crippen LogP) is 1.93. The van der Waals surface area contributed by atoms with Crippen LogP contribution in [0.4, 0.5) is 0 Å². The van der Waals surface area contributed by atoms with Crippen molar-refractivity contribution in [3.63, 3.8) is 0 Å². The Labute approximate surface area is 90.6 Å². The zero-order chi connectivity index (χ0) is 12.0. The minimum absolute atomic E-state index is 0.0724. The third kappa shape index (κ3) is 3.90. The number of rotatable bonds is 6. The third-order valence-electron chi connectivity index (χ3n) is 2.47. The van der Waals surface area contributed by atoms with E-state index in [1.165, 1.54) is 0 Å². The first-order valence-corrected chi connectivity index (χ1v) is 5.35. The molecule has 0 bridgehead atoms. The van der Waals surface area contributed by atoms with Crippen LogP contribution in [0.25, 0.3) is 0 Å². The Kier molecular flexibility index (Phi) is 5.97. The van der Waals surface area contributed by atoms with Crippen LogP contribution in [0.15, 0.2) is 0 Å². The van der Waals surface area contributed by atoms with Crippen molar-refractivity contribution in [2.45, 2.75) is 34.1 Å². The maximum atomic E-state index is 11.5. The van der Waals surface area contributed by atoms with Crippen molar-refractivity contribution in [2.24, 2.45) is 17.8 Å². The summed E-state index contributed by atoms with van der Waals surface area (Å²) in [6.45, 7) is 7.43. The van der Waals surface area contributed by atoms with Gasteiger partial charge in [-0.15, -0.1) is 0 Å². The fraction of sp³-hybridized carbons (Fsp3) is 0.818. The Morgan fingerprint density at radius 2 is 1.80 bits per heavy atom. The van der Waals surface area contributed by atoms with Crippen molar-refractivity contribution in [3.05, 3.63) is 0 Å². The average Bonchev–Trinajstić information content (AvgIpc) is 2.12. The molecule has 0 rings (SSSR count). The van der Waals surface area contributed by atoms with Crippen molar-refractivity contribution in [2.75, 3.05) is 6.61 Å². The Bertz CT molecular complexity index is 223. The van der Waals surface area contributed by atoms with Crippen molar-refractivity contribution in [3.8, 4) is 0 Å². The fourth-order valence-corrected chi connectivity index (χ4v) is 1.74. The average molecular weight is 216 g/mol. The number of carboxylic acids is 1. The number of aliphatic carboxylic acids is 1. The van der Waals surface area contributed by atoms with E-state index >= 15 is 0 Å². The third-order valence-corrected chi connectivity index (χ3v) is 2.47. The Morgan fingerprint density at radius 3 is 2.07 bits per heavy atom. The topological polar surface area (TPSA) is 63.6 Å². The van der Waals surface area contributed by atoms with Gasteiger partial charge in [0.1, 0.15) is 0 Å². The van der Waals surface area contributed by atoms with Gasteiger partial charge in [-0.05, 0) is 19.3 Å². The Morgan fingerprint density at radius 1 is 1.27 bits per heavy atom. The fourth-order valence-electron chi connectivity index (χ4n) is 1.74. The van der Waals surface area contributed by atoms with Gasteiger partial charge in [0, 0.05) is 0 Å². The summed E-state index contributed by atoms with van der Waals surface area (Å²) in [5.74, 6) is -2.60. The number of carboxylic acid groups (broad SMARTS) is 1. The molecular weight excluding hydrogens is 196 g/mol. The van der Waals surface area contributed by atoms with Gasteiger partial charge in [0.2, 0.25) is 0 Å². The number of hydrogen-bond donors (Lipinski definition) is 1. The number of carbonyl (C=O) groups is 2. The van der Waals surface area contributed by atoms with Crippen molar-refractivity contribution >= 4 is 11.9 Å². The number of hydrogen-bond acceptors (Lipinski definition) is 3. The van der Waals surface area contributed by atoms with Crippen molar-refractivity contribution in [1.29, 1.82) is 0 Å². The van der Waals surface area contributed by atoms with E-state index in [9.17, 15) is 9.59 Å². The summed E-state index contributed by atoms with van der Waals surface area (Å²) < 4.78 is 4.87. The molecule has 4 heteroatoms. The van der Waals surface area contributed by atoms with Gasteiger partial charge in [0.05, 0.1) is 18.4 Å². The normalized spacial score (nSPS) is 14.7. The van der Waals surface area contributed by atoms with Gasteiger partial charge in [-0.1, -0.05) is 20.8 Å². The molecule has 2 atom stereocenters. The standard InChI is InChI=1S/C11H20O4/c1-5-8(11(14)15-6-2)9(7(3)4)10(12)13/h7-9H,5-6H2,1-4H3,(H,12,13). The van der Waals surface area contributed by atoms with E-state index < -0.39 is 23.8 Å². The van der Waals surface area contributed by atoms with Gasteiger partial charge < -0.3 is 9.84 Å². The maximum Gasteiger partial charge on any atom is 0.309 e. The quantitative estimate of drug-likeness (QED) is 0.689. The highest BCUT2D eigenvalue weighted by Crippen LogP contribution is 2.25. The summed E-state index contributed by atoms with van der Waals surface area (Å²) >= 11 is 0. The first-order chi connectivity index (χ1) is 6.95. The van der Waals surface area contributed by atoms with E-state index in [0.29, 0.717) is 13.0 Å². The van der Waals surface area contributed by atoms with E-state index in [-0.39, 0.29) is 5.92 Å². The molecule has 0 aromatic heterocycles. The largest absolute Gasteiger partial charge is 0.481 e. The molecule has 88 valence electrons. The zero-order valence-electron chi connectivity index (χ0n) is 9.82.